The molecule has 126 valence electrons. The van der Waals surface area contributed by atoms with E-state index in [-0.39, 0.29) is 18.1 Å². The Hall–Kier alpha value is -2.57. The maximum atomic E-state index is 12.2. The van der Waals surface area contributed by atoms with Crippen molar-refractivity contribution >= 4 is 17.8 Å². The highest BCUT2D eigenvalue weighted by Gasteiger charge is 2.21. The van der Waals surface area contributed by atoms with Gasteiger partial charge >= 0.3 is 11.9 Å². The van der Waals surface area contributed by atoms with Gasteiger partial charge in [0, 0.05) is 5.56 Å². The smallest absolute Gasteiger partial charge is 0.343 e. The zero-order valence-electron chi connectivity index (χ0n) is 13.4. The summed E-state index contributed by atoms with van der Waals surface area (Å²) < 4.78 is 9.65. The fourth-order valence-corrected chi connectivity index (χ4v) is 1.86. The van der Waals surface area contributed by atoms with Crippen LogP contribution in [0.2, 0.25) is 0 Å². The Kier molecular flexibility index (Phi) is 7.05. The number of carboxylic acids is 1. The van der Waals surface area contributed by atoms with E-state index in [1.54, 1.807) is 12.1 Å². The van der Waals surface area contributed by atoms with E-state index in [2.05, 4.69) is 10.1 Å². The Morgan fingerprint density at radius 2 is 1.96 bits per heavy atom. The van der Waals surface area contributed by atoms with Crippen LogP contribution in [0.5, 0.6) is 5.75 Å². The van der Waals surface area contributed by atoms with Gasteiger partial charge in [-0.05, 0) is 30.5 Å². The molecule has 0 radical (unpaired) electrons. The molecule has 0 unspecified atom stereocenters. The Morgan fingerprint density at radius 3 is 2.52 bits per heavy atom. The molecule has 0 aromatic heterocycles. The monoisotopic (exact) mass is 323 g/mol. The lowest BCUT2D eigenvalue weighted by molar-refractivity contribution is -0.143. The Bertz CT molecular complexity index is 569. The summed E-state index contributed by atoms with van der Waals surface area (Å²) in [4.78, 5) is 34.4. The average molecular weight is 323 g/mol. The fourth-order valence-electron chi connectivity index (χ4n) is 1.86. The molecule has 23 heavy (non-hydrogen) atoms. The van der Waals surface area contributed by atoms with Gasteiger partial charge in [0.05, 0.1) is 7.11 Å². The Balaban J connectivity index is 2.75. The molecule has 2 N–H and O–H groups in total. The largest absolute Gasteiger partial charge is 0.482 e. The number of amides is 1. The lowest BCUT2D eigenvalue weighted by Crippen LogP contribution is -2.41. The quantitative estimate of drug-likeness (QED) is 0.702. The molecule has 1 rings (SSSR count). The van der Waals surface area contributed by atoms with Gasteiger partial charge in [-0.3, -0.25) is 4.79 Å². The maximum absolute atomic E-state index is 12.2. The first-order valence-corrected chi connectivity index (χ1v) is 7.16. The average Bonchev–Trinajstić information content (AvgIpc) is 2.51. The molecule has 0 aliphatic heterocycles. The van der Waals surface area contributed by atoms with Crippen molar-refractivity contribution in [1.29, 1.82) is 0 Å². The van der Waals surface area contributed by atoms with E-state index in [1.165, 1.54) is 19.2 Å². The van der Waals surface area contributed by atoms with Gasteiger partial charge in [0.25, 0.3) is 5.91 Å². The zero-order chi connectivity index (χ0) is 17.4. The highest BCUT2D eigenvalue weighted by Crippen LogP contribution is 2.14. The van der Waals surface area contributed by atoms with Gasteiger partial charge < -0.3 is 19.9 Å². The van der Waals surface area contributed by atoms with Crippen LogP contribution in [0.25, 0.3) is 0 Å². The van der Waals surface area contributed by atoms with Crippen molar-refractivity contribution in [3.8, 4) is 5.75 Å². The normalized spacial score (nSPS) is 11.7. The van der Waals surface area contributed by atoms with Crippen LogP contribution in [-0.2, 0) is 14.3 Å². The summed E-state index contributed by atoms with van der Waals surface area (Å²) in [5, 5.41) is 11.6. The number of esters is 1. The first-order valence-electron chi connectivity index (χ1n) is 7.16. The molecule has 7 heteroatoms. The van der Waals surface area contributed by atoms with Crippen molar-refractivity contribution < 1.29 is 29.0 Å². The third kappa shape index (κ3) is 6.37. The highest BCUT2D eigenvalue weighted by atomic mass is 16.6. The summed E-state index contributed by atoms with van der Waals surface area (Å²) in [6, 6.07) is 5.19. The van der Waals surface area contributed by atoms with Crippen molar-refractivity contribution in [2.75, 3.05) is 13.7 Å². The first kappa shape index (κ1) is 18.5. The van der Waals surface area contributed by atoms with Gasteiger partial charge in [-0.2, -0.15) is 0 Å². The molecule has 0 fully saturated rings. The van der Waals surface area contributed by atoms with Crippen molar-refractivity contribution in [2.24, 2.45) is 5.92 Å². The molecule has 0 heterocycles. The molecule has 0 aliphatic carbocycles. The number of aliphatic carboxylic acids is 1. The summed E-state index contributed by atoms with van der Waals surface area (Å²) in [6.07, 6.45) is 0.333. The van der Waals surface area contributed by atoms with Gasteiger partial charge in [0.1, 0.15) is 11.8 Å². The van der Waals surface area contributed by atoms with Crippen LogP contribution in [0.15, 0.2) is 24.3 Å². The standard InChI is InChI=1S/C16H21NO6/c1-10(2)7-13(16(20)21)17-15(19)11-5-4-6-12(8-11)23-9-14(18)22-3/h4-6,8,10,13H,7,9H2,1-3H3,(H,17,19)(H,20,21)/t13-/m0/s1. The van der Waals surface area contributed by atoms with Gasteiger partial charge in [-0.1, -0.05) is 19.9 Å². The molecule has 1 atom stereocenters. The number of carbonyl (C=O) groups excluding carboxylic acids is 2. The van der Waals surface area contributed by atoms with E-state index in [0.29, 0.717) is 12.2 Å². The number of rotatable bonds is 8. The Morgan fingerprint density at radius 1 is 1.26 bits per heavy atom. The van der Waals surface area contributed by atoms with Crippen LogP contribution >= 0.6 is 0 Å². The lowest BCUT2D eigenvalue weighted by Gasteiger charge is -2.16. The van der Waals surface area contributed by atoms with Gasteiger partial charge in [0.15, 0.2) is 6.61 Å². The maximum Gasteiger partial charge on any atom is 0.343 e. The minimum Gasteiger partial charge on any atom is -0.482 e. The summed E-state index contributed by atoms with van der Waals surface area (Å²) >= 11 is 0. The van der Waals surface area contributed by atoms with Gasteiger partial charge in [-0.25, -0.2) is 9.59 Å². The molecular formula is C16H21NO6. The molecule has 1 amide bonds. The molecule has 0 saturated carbocycles. The molecule has 1 aromatic carbocycles. The number of carboxylic acid groups (broad SMARTS) is 1. The van der Waals surface area contributed by atoms with Gasteiger partial charge in [0.2, 0.25) is 0 Å². The van der Waals surface area contributed by atoms with E-state index >= 15 is 0 Å². The minimum absolute atomic E-state index is 0.131. The second-order valence-corrected chi connectivity index (χ2v) is 5.39. The van der Waals surface area contributed by atoms with Crippen molar-refractivity contribution in [2.45, 2.75) is 26.3 Å². The number of nitrogens with one attached hydrogen (secondary N) is 1. The van der Waals surface area contributed by atoms with E-state index in [4.69, 9.17) is 9.84 Å². The van der Waals surface area contributed by atoms with Crippen molar-refractivity contribution in [3.05, 3.63) is 29.8 Å². The predicted molar refractivity (Wildman–Crippen MR) is 82.3 cm³/mol. The summed E-state index contributed by atoms with van der Waals surface area (Å²) in [5.41, 5.74) is 0.252. The van der Waals surface area contributed by atoms with Crippen molar-refractivity contribution in [1.82, 2.24) is 5.32 Å². The van der Waals surface area contributed by atoms with Crippen LogP contribution in [-0.4, -0.2) is 42.7 Å². The second kappa shape index (κ2) is 8.77. The molecule has 0 aliphatic rings. The number of hydrogen-bond donors (Lipinski definition) is 2. The van der Waals surface area contributed by atoms with E-state index in [1.807, 2.05) is 13.8 Å². The SMILES string of the molecule is COC(=O)COc1cccc(C(=O)N[C@@H](CC(C)C)C(=O)O)c1. The number of hydrogen-bond acceptors (Lipinski definition) is 5. The molecule has 0 bridgehead atoms. The topological polar surface area (TPSA) is 102 Å². The molecule has 1 aromatic rings. The van der Waals surface area contributed by atoms with Crippen LogP contribution in [0, 0.1) is 5.92 Å². The second-order valence-electron chi connectivity index (χ2n) is 5.39. The number of carbonyl (C=O) groups is 3. The van der Waals surface area contributed by atoms with Crippen LogP contribution < -0.4 is 10.1 Å². The van der Waals surface area contributed by atoms with E-state index in [0.717, 1.165) is 0 Å². The third-order valence-electron chi connectivity index (χ3n) is 2.99. The summed E-state index contributed by atoms with van der Waals surface area (Å²) in [6.45, 7) is 3.49. The molecular weight excluding hydrogens is 302 g/mol. The third-order valence-corrected chi connectivity index (χ3v) is 2.99. The highest BCUT2D eigenvalue weighted by molar-refractivity contribution is 5.96. The lowest BCUT2D eigenvalue weighted by atomic mass is 10.0. The zero-order valence-corrected chi connectivity index (χ0v) is 13.4. The number of benzene rings is 1. The van der Waals surface area contributed by atoms with Crippen molar-refractivity contribution in [3.63, 3.8) is 0 Å². The van der Waals surface area contributed by atoms with Crippen LogP contribution in [0.1, 0.15) is 30.6 Å². The molecule has 0 spiro atoms. The number of methoxy groups -OCH3 is 1. The molecule has 7 nitrogen and oxygen atoms in total. The first-order chi connectivity index (χ1) is 10.8. The summed E-state index contributed by atoms with van der Waals surface area (Å²) in [5.74, 6) is -1.68. The van der Waals surface area contributed by atoms with E-state index < -0.39 is 23.9 Å². The van der Waals surface area contributed by atoms with Crippen LogP contribution in [0.3, 0.4) is 0 Å². The Labute approximate surface area is 134 Å². The predicted octanol–water partition coefficient (Wildman–Crippen LogP) is 1.47. The van der Waals surface area contributed by atoms with E-state index in [9.17, 15) is 14.4 Å². The minimum atomic E-state index is -1.08. The summed E-state index contributed by atoms with van der Waals surface area (Å²) in [7, 11) is 1.25. The number of ether oxygens (including phenoxy) is 2. The molecule has 0 saturated heterocycles. The van der Waals surface area contributed by atoms with Gasteiger partial charge in [-0.15, -0.1) is 0 Å². The van der Waals surface area contributed by atoms with Crippen LogP contribution in [0.4, 0.5) is 0 Å². The fraction of sp³-hybridized carbons (Fsp3) is 0.438.